The Labute approximate surface area is 168 Å². The maximum absolute atomic E-state index is 12.6. The van der Waals surface area contributed by atoms with Gasteiger partial charge in [-0.05, 0) is 49.1 Å². The number of sulfonamides is 1. The van der Waals surface area contributed by atoms with Gasteiger partial charge < -0.3 is 15.4 Å². The van der Waals surface area contributed by atoms with Crippen molar-refractivity contribution < 1.29 is 18.3 Å². The second-order valence-electron chi connectivity index (χ2n) is 7.33. The number of phenolic OH excluding ortho intramolecular Hbond substituents is 1. The number of anilines is 1. The molecule has 0 aliphatic heterocycles. The number of rotatable bonds is 7. The molecule has 0 unspecified atom stereocenters. The molecule has 1 fully saturated rings. The first-order valence-electron chi connectivity index (χ1n) is 9.36. The number of carbonyl (C=O) groups is 1. The van der Waals surface area contributed by atoms with Gasteiger partial charge in [-0.2, -0.15) is 0 Å². The predicted octanol–water partition coefficient (Wildman–Crippen LogP) is 2.49. The number of benzene rings is 2. The molecule has 8 nitrogen and oxygen atoms in total. The van der Waals surface area contributed by atoms with Gasteiger partial charge in [0.25, 0.3) is 5.91 Å². The number of aromatic amines is 1. The van der Waals surface area contributed by atoms with E-state index >= 15 is 0 Å². The van der Waals surface area contributed by atoms with Crippen LogP contribution in [0, 0.1) is 0 Å². The number of nitrogens with one attached hydrogen (secondary N) is 3. The topological polar surface area (TPSA) is 124 Å². The zero-order valence-electron chi connectivity index (χ0n) is 15.9. The Kier molecular flexibility index (Phi) is 4.91. The van der Waals surface area contributed by atoms with Gasteiger partial charge >= 0.3 is 0 Å². The van der Waals surface area contributed by atoms with Crippen molar-refractivity contribution >= 4 is 32.7 Å². The second-order valence-corrected chi connectivity index (χ2v) is 9.08. The fourth-order valence-electron chi connectivity index (χ4n) is 3.20. The van der Waals surface area contributed by atoms with Crippen LogP contribution in [0.4, 0.5) is 5.69 Å². The third-order valence-electron chi connectivity index (χ3n) is 4.81. The fourth-order valence-corrected chi connectivity index (χ4v) is 3.76. The van der Waals surface area contributed by atoms with Gasteiger partial charge in [-0.3, -0.25) is 9.52 Å². The lowest BCUT2D eigenvalue weighted by molar-refractivity contribution is 0.0955. The number of H-pyrrole nitrogens is 1. The molecule has 1 saturated carbocycles. The van der Waals surface area contributed by atoms with Gasteiger partial charge in [-0.25, -0.2) is 13.4 Å². The molecule has 0 saturated heterocycles. The minimum absolute atomic E-state index is 0.0822. The molecule has 152 valence electrons. The van der Waals surface area contributed by atoms with Crippen LogP contribution in [0.2, 0.25) is 0 Å². The lowest BCUT2D eigenvalue weighted by Gasteiger charge is -2.08. The van der Waals surface area contributed by atoms with Crippen LogP contribution in [0.25, 0.3) is 11.0 Å². The molecule has 2 aromatic carbocycles. The number of amides is 1. The normalized spacial score (nSPS) is 14.1. The number of aromatic hydroxyl groups is 1. The summed E-state index contributed by atoms with van der Waals surface area (Å²) in [6, 6.07) is 10.1. The van der Waals surface area contributed by atoms with Crippen molar-refractivity contribution in [2.45, 2.75) is 25.2 Å². The van der Waals surface area contributed by atoms with E-state index in [0.29, 0.717) is 41.2 Å². The highest BCUT2D eigenvalue weighted by Crippen LogP contribution is 2.40. The monoisotopic (exact) mass is 414 g/mol. The molecule has 0 bridgehead atoms. The predicted molar refractivity (Wildman–Crippen MR) is 111 cm³/mol. The van der Waals surface area contributed by atoms with Crippen molar-refractivity contribution in [1.29, 1.82) is 0 Å². The zero-order valence-corrected chi connectivity index (χ0v) is 16.7. The molecule has 4 N–H and O–H groups in total. The quantitative estimate of drug-likeness (QED) is 0.473. The number of aromatic nitrogens is 2. The summed E-state index contributed by atoms with van der Waals surface area (Å²) in [5.74, 6) is 1.04. The zero-order chi connectivity index (χ0) is 20.6. The first kappa shape index (κ1) is 19.3. The van der Waals surface area contributed by atoms with Crippen LogP contribution in [-0.4, -0.2) is 42.2 Å². The highest BCUT2D eigenvalue weighted by atomic mass is 32.2. The Hall–Kier alpha value is -3.07. The van der Waals surface area contributed by atoms with Crippen LogP contribution in [0.1, 0.15) is 40.5 Å². The van der Waals surface area contributed by atoms with Crippen molar-refractivity contribution in [1.82, 2.24) is 15.3 Å². The smallest absolute Gasteiger partial charge is 0.253 e. The first-order valence-corrected chi connectivity index (χ1v) is 11.3. The Morgan fingerprint density at radius 3 is 2.59 bits per heavy atom. The second kappa shape index (κ2) is 7.40. The Morgan fingerprint density at radius 2 is 1.93 bits per heavy atom. The molecule has 0 spiro atoms. The number of nitrogens with zero attached hydrogens (tertiary/aromatic N) is 1. The lowest BCUT2D eigenvalue weighted by Crippen LogP contribution is -2.26. The molecule has 1 aliphatic rings. The maximum atomic E-state index is 12.6. The van der Waals surface area contributed by atoms with Gasteiger partial charge in [0.05, 0.1) is 11.8 Å². The average molecular weight is 414 g/mol. The molecule has 1 amide bonds. The molecule has 1 aromatic heterocycles. The Bertz CT molecular complexity index is 1170. The molecule has 0 atom stereocenters. The van der Waals surface area contributed by atoms with Gasteiger partial charge in [0.2, 0.25) is 10.0 Å². The van der Waals surface area contributed by atoms with E-state index in [9.17, 15) is 18.3 Å². The van der Waals surface area contributed by atoms with E-state index in [1.54, 1.807) is 18.2 Å². The van der Waals surface area contributed by atoms with Gasteiger partial charge in [0.15, 0.2) is 0 Å². The van der Waals surface area contributed by atoms with E-state index in [0.717, 1.165) is 30.5 Å². The molecule has 29 heavy (non-hydrogen) atoms. The highest BCUT2D eigenvalue weighted by molar-refractivity contribution is 7.92. The minimum atomic E-state index is -3.30. The molecule has 4 rings (SSSR count). The van der Waals surface area contributed by atoms with Crippen LogP contribution >= 0.6 is 0 Å². The minimum Gasteiger partial charge on any atom is -0.506 e. The molecule has 1 heterocycles. The molecular formula is C20H22N4O4S. The number of fused-ring (bicyclic) bond motifs is 1. The van der Waals surface area contributed by atoms with Crippen LogP contribution in [-0.2, 0) is 16.4 Å². The highest BCUT2D eigenvalue weighted by Gasteiger charge is 2.28. The molecule has 3 aromatic rings. The van der Waals surface area contributed by atoms with E-state index < -0.39 is 10.0 Å². The number of hydrogen-bond donors (Lipinski definition) is 4. The van der Waals surface area contributed by atoms with Gasteiger partial charge in [-0.15, -0.1) is 0 Å². The van der Waals surface area contributed by atoms with Crippen molar-refractivity contribution in [3.8, 4) is 5.75 Å². The third kappa shape index (κ3) is 4.51. The number of imidazole rings is 1. The summed E-state index contributed by atoms with van der Waals surface area (Å²) in [7, 11) is -3.30. The van der Waals surface area contributed by atoms with Crippen LogP contribution in [0.15, 0.2) is 36.4 Å². The Morgan fingerprint density at radius 1 is 1.21 bits per heavy atom. The van der Waals surface area contributed by atoms with Crippen LogP contribution in [0.3, 0.4) is 0 Å². The van der Waals surface area contributed by atoms with Crippen molar-refractivity contribution in [2.24, 2.45) is 0 Å². The van der Waals surface area contributed by atoms with E-state index in [2.05, 4.69) is 20.0 Å². The number of hydrogen-bond acceptors (Lipinski definition) is 5. The summed E-state index contributed by atoms with van der Waals surface area (Å²) in [5, 5.41) is 12.9. The summed E-state index contributed by atoms with van der Waals surface area (Å²) < 4.78 is 24.9. The molecule has 0 radical (unpaired) electrons. The number of carbonyl (C=O) groups excluding carboxylic acids is 1. The van der Waals surface area contributed by atoms with Crippen LogP contribution in [0.5, 0.6) is 5.75 Å². The standard InChI is InChI=1S/C20H22N4O4S/c1-29(27,28)24-14-6-2-12(3-7-14)10-11-21-20(26)15-8-9-16(25)18-17(15)22-19(23-18)13-4-5-13/h2-3,6-9,13,24-25H,4-5,10-11H2,1H3,(H,21,26)(H,22,23). The van der Waals surface area contributed by atoms with Gasteiger partial charge in [-0.1, -0.05) is 12.1 Å². The van der Waals surface area contributed by atoms with Crippen LogP contribution < -0.4 is 10.0 Å². The summed E-state index contributed by atoms with van der Waals surface area (Å²) in [6.45, 7) is 0.417. The average Bonchev–Trinajstić information content (AvgIpc) is 3.41. The number of phenols is 1. The molecule has 1 aliphatic carbocycles. The Balaban J connectivity index is 1.40. The van der Waals surface area contributed by atoms with E-state index in [1.807, 2.05) is 12.1 Å². The molecule has 9 heteroatoms. The first-order chi connectivity index (χ1) is 13.8. The van der Waals surface area contributed by atoms with Crippen molar-refractivity contribution in [2.75, 3.05) is 17.5 Å². The maximum Gasteiger partial charge on any atom is 0.253 e. The summed E-state index contributed by atoms with van der Waals surface area (Å²) in [4.78, 5) is 20.3. The van der Waals surface area contributed by atoms with E-state index in [4.69, 9.17) is 0 Å². The fraction of sp³-hybridized carbons (Fsp3) is 0.300. The third-order valence-corrected chi connectivity index (χ3v) is 5.41. The van der Waals surface area contributed by atoms with Gasteiger partial charge in [0.1, 0.15) is 22.6 Å². The largest absolute Gasteiger partial charge is 0.506 e. The summed E-state index contributed by atoms with van der Waals surface area (Å²) in [6.07, 6.45) is 3.84. The van der Waals surface area contributed by atoms with Gasteiger partial charge in [0, 0.05) is 18.2 Å². The van der Waals surface area contributed by atoms with Crippen molar-refractivity contribution in [3.05, 3.63) is 53.3 Å². The van der Waals surface area contributed by atoms with Crippen molar-refractivity contribution in [3.63, 3.8) is 0 Å². The summed E-state index contributed by atoms with van der Waals surface area (Å²) >= 11 is 0. The SMILES string of the molecule is CS(=O)(=O)Nc1ccc(CCNC(=O)c2ccc(O)c3[nH]c(C4CC4)nc23)cc1. The molecular weight excluding hydrogens is 392 g/mol. The lowest BCUT2D eigenvalue weighted by atomic mass is 10.1. The van der Waals surface area contributed by atoms with E-state index in [1.165, 1.54) is 6.07 Å². The summed E-state index contributed by atoms with van der Waals surface area (Å²) in [5.41, 5.74) is 2.87. The van der Waals surface area contributed by atoms with E-state index in [-0.39, 0.29) is 11.7 Å².